The number of hydrogen-bond donors (Lipinski definition) is 2. The number of unbranched alkanes of at least 4 members (excludes halogenated alkanes) is 1. The van der Waals surface area contributed by atoms with Crippen LogP contribution < -0.4 is 0 Å². The van der Waals surface area contributed by atoms with Crippen LogP contribution in [-0.2, 0) is 6.54 Å². The van der Waals surface area contributed by atoms with Gasteiger partial charge in [-0.25, -0.2) is 4.39 Å². The van der Waals surface area contributed by atoms with Crippen molar-refractivity contribution in [3.8, 4) is 22.8 Å². The number of aryl methyl sites for hydroxylation is 1. The summed E-state index contributed by atoms with van der Waals surface area (Å²) in [6.07, 6.45) is 1.91. The molecule has 3 aromatic rings. The summed E-state index contributed by atoms with van der Waals surface area (Å²) in [5.41, 5.74) is 1.87. The average molecular weight is 335 g/mol. The Hall–Kier alpha value is -2.27. The maximum Gasteiger partial charge on any atom is 0.158 e. The molecule has 0 radical (unpaired) electrons. The van der Waals surface area contributed by atoms with Crippen molar-refractivity contribution in [3.05, 3.63) is 41.2 Å². The molecule has 0 atom stereocenters. The molecule has 1 aromatic heterocycles. The van der Waals surface area contributed by atoms with Gasteiger partial charge in [0.2, 0.25) is 0 Å². The summed E-state index contributed by atoms with van der Waals surface area (Å²) in [5.74, 6) is -0.920. The van der Waals surface area contributed by atoms with Crippen molar-refractivity contribution in [3.63, 3.8) is 0 Å². The van der Waals surface area contributed by atoms with Crippen LogP contribution in [0.2, 0.25) is 5.02 Å². The Bertz CT molecular complexity index is 877. The molecule has 3 rings (SSSR count). The van der Waals surface area contributed by atoms with E-state index in [0.717, 1.165) is 12.8 Å². The number of aromatic hydroxyl groups is 2. The number of hydrogen-bond acceptors (Lipinski definition) is 3. The SMILES string of the molecule is CCCCn1nc(-c2ccc(O)c(O)c2)c2cc(Cl)c(F)cc21. The molecule has 0 aliphatic heterocycles. The molecule has 23 heavy (non-hydrogen) atoms. The molecule has 0 amide bonds. The molecule has 4 nitrogen and oxygen atoms in total. The Labute approximate surface area is 137 Å². The van der Waals surface area contributed by atoms with Crippen LogP contribution in [0.25, 0.3) is 22.2 Å². The third-order valence-electron chi connectivity index (χ3n) is 3.76. The highest BCUT2D eigenvalue weighted by Gasteiger charge is 2.16. The molecular formula is C17H16ClFN2O2. The number of phenolic OH excluding ortho intramolecular Hbond substituents is 2. The van der Waals surface area contributed by atoms with Crippen molar-refractivity contribution in [2.45, 2.75) is 26.3 Å². The minimum Gasteiger partial charge on any atom is -0.504 e. The number of halogens is 2. The number of nitrogens with zero attached hydrogens (tertiary/aromatic N) is 2. The molecule has 0 saturated carbocycles. The lowest BCUT2D eigenvalue weighted by atomic mass is 10.1. The number of fused-ring (bicyclic) bond motifs is 1. The quantitative estimate of drug-likeness (QED) is 0.679. The van der Waals surface area contributed by atoms with E-state index in [2.05, 4.69) is 12.0 Å². The van der Waals surface area contributed by atoms with Gasteiger partial charge in [-0.2, -0.15) is 5.10 Å². The van der Waals surface area contributed by atoms with E-state index in [1.54, 1.807) is 16.8 Å². The average Bonchev–Trinajstić information content (AvgIpc) is 2.86. The Morgan fingerprint density at radius 2 is 1.96 bits per heavy atom. The van der Waals surface area contributed by atoms with Crippen molar-refractivity contribution in [2.24, 2.45) is 0 Å². The van der Waals surface area contributed by atoms with Gasteiger partial charge in [0.05, 0.1) is 10.5 Å². The van der Waals surface area contributed by atoms with Crippen LogP contribution in [0.3, 0.4) is 0 Å². The lowest BCUT2D eigenvalue weighted by Gasteiger charge is -2.02. The first-order valence-corrected chi connectivity index (χ1v) is 7.77. The molecule has 120 valence electrons. The van der Waals surface area contributed by atoms with Crippen LogP contribution in [0, 0.1) is 5.82 Å². The number of benzene rings is 2. The Balaban J connectivity index is 2.22. The lowest BCUT2D eigenvalue weighted by Crippen LogP contribution is -2.00. The summed E-state index contributed by atoms with van der Waals surface area (Å²) >= 11 is 5.92. The zero-order valence-electron chi connectivity index (χ0n) is 12.6. The summed E-state index contributed by atoms with van der Waals surface area (Å²) in [5, 5.41) is 24.4. The molecular weight excluding hydrogens is 319 g/mol. The molecule has 2 aromatic carbocycles. The zero-order valence-corrected chi connectivity index (χ0v) is 13.3. The first-order chi connectivity index (χ1) is 11.0. The summed E-state index contributed by atoms with van der Waals surface area (Å²) in [7, 11) is 0. The lowest BCUT2D eigenvalue weighted by molar-refractivity contribution is 0.404. The van der Waals surface area contributed by atoms with E-state index in [1.807, 2.05) is 0 Å². The van der Waals surface area contributed by atoms with Gasteiger partial charge < -0.3 is 10.2 Å². The van der Waals surface area contributed by atoms with Gasteiger partial charge in [0, 0.05) is 23.6 Å². The highest BCUT2D eigenvalue weighted by molar-refractivity contribution is 6.31. The van der Waals surface area contributed by atoms with E-state index >= 15 is 0 Å². The minimum absolute atomic E-state index is 0.0248. The van der Waals surface area contributed by atoms with Crippen LogP contribution in [0.5, 0.6) is 11.5 Å². The third-order valence-corrected chi connectivity index (χ3v) is 4.05. The normalized spacial score (nSPS) is 11.3. The van der Waals surface area contributed by atoms with Crippen molar-refractivity contribution in [1.29, 1.82) is 0 Å². The van der Waals surface area contributed by atoms with Gasteiger partial charge in [0.1, 0.15) is 11.5 Å². The second-order valence-corrected chi connectivity index (χ2v) is 5.82. The summed E-state index contributed by atoms with van der Waals surface area (Å²) in [6, 6.07) is 7.40. The maximum atomic E-state index is 13.8. The molecule has 0 saturated heterocycles. The number of rotatable bonds is 4. The van der Waals surface area contributed by atoms with Gasteiger partial charge >= 0.3 is 0 Å². The van der Waals surface area contributed by atoms with Gasteiger partial charge in [-0.15, -0.1) is 0 Å². The van der Waals surface area contributed by atoms with Gasteiger partial charge in [0.15, 0.2) is 11.5 Å². The largest absolute Gasteiger partial charge is 0.504 e. The van der Waals surface area contributed by atoms with E-state index in [4.69, 9.17) is 11.6 Å². The molecule has 1 heterocycles. The van der Waals surface area contributed by atoms with Crippen LogP contribution in [-0.4, -0.2) is 20.0 Å². The molecule has 0 spiro atoms. The molecule has 0 aliphatic carbocycles. The fourth-order valence-electron chi connectivity index (χ4n) is 2.53. The van der Waals surface area contributed by atoms with Crippen molar-refractivity contribution in [1.82, 2.24) is 9.78 Å². The first kappa shape index (κ1) is 15.6. The topological polar surface area (TPSA) is 58.3 Å². The van der Waals surface area contributed by atoms with E-state index < -0.39 is 5.82 Å². The summed E-state index contributed by atoms with van der Waals surface area (Å²) in [6.45, 7) is 2.74. The predicted molar refractivity (Wildman–Crippen MR) is 88.4 cm³/mol. The monoisotopic (exact) mass is 334 g/mol. The molecule has 0 unspecified atom stereocenters. The number of phenols is 2. The number of aromatic nitrogens is 2. The molecule has 6 heteroatoms. The van der Waals surface area contributed by atoms with Crippen molar-refractivity contribution in [2.75, 3.05) is 0 Å². The first-order valence-electron chi connectivity index (χ1n) is 7.39. The van der Waals surface area contributed by atoms with Crippen LogP contribution in [0.1, 0.15) is 19.8 Å². The predicted octanol–water partition coefficient (Wildman–Crippen LogP) is 4.71. The van der Waals surface area contributed by atoms with E-state index in [-0.39, 0.29) is 16.5 Å². The zero-order chi connectivity index (χ0) is 16.6. The minimum atomic E-state index is -0.489. The van der Waals surface area contributed by atoms with E-state index in [9.17, 15) is 14.6 Å². The van der Waals surface area contributed by atoms with E-state index in [0.29, 0.717) is 28.7 Å². The summed E-state index contributed by atoms with van der Waals surface area (Å²) < 4.78 is 15.6. The molecule has 0 bridgehead atoms. The Morgan fingerprint density at radius 1 is 1.17 bits per heavy atom. The summed E-state index contributed by atoms with van der Waals surface area (Å²) in [4.78, 5) is 0. The van der Waals surface area contributed by atoms with Crippen LogP contribution in [0.4, 0.5) is 4.39 Å². The van der Waals surface area contributed by atoms with E-state index in [1.165, 1.54) is 18.2 Å². The second-order valence-electron chi connectivity index (χ2n) is 5.41. The van der Waals surface area contributed by atoms with Gasteiger partial charge in [-0.3, -0.25) is 4.68 Å². The highest BCUT2D eigenvalue weighted by Crippen LogP contribution is 2.35. The fraction of sp³-hybridized carbons (Fsp3) is 0.235. The van der Waals surface area contributed by atoms with Gasteiger partial charge in [-0.05, 0) is 30.7 Å². The van der Waals surface area contributed by atoms with Gasteiger partial charge in [-0.1, -0.05) is 24.9 Å². The fourth-order valence-corrected chi connectivity index (χ4v) is 2.69. The molecule has 2 N–H and O–H groups in total. The molecule has 0 aliphatic rings. The second kappa shape index (κ2) is 6.08. The van der Waals surface area contributed by atoms with Crippen LogP contribution in [0.15, 0.2) is 30.3 Å². The smallest absolute Gasteiger partial charge is 0.158 e. The van der Waals surface area contributed by atoms with Crippen molar-refractivity contribution >= 4 is 22.5 Å². The Kier molecular flexibility index (Phi) is 4.13. The van der Waals surface area contributed by atoms with Gasteiger partial charge in [0.25, 0.3) is 0 Å². The van der Waals surface area contributed by atoms with Crippen LogP contribution >= 0.6 is 11.6 Å². The van der Waals surface area contributed by atoms with Crippen molar-refractivity contribution < 1.29 is 14.6 Å². The Morgan fingerprint density at radius 3 is 2.65 bits per heavy atom. The maximum absolute atomic E-state index is 13.8. The third kappa shape index (κ3) is 2.84. The highest BCUT2D eigenvalue weighted by atomic mass is 35.5. The standard InChI is InChI=1S/C17H16ClFN2O2/c1-2-3-6-21-14-9-13(19)12(18)8-11(14)17(20-21)10-4-5-15(22)16(23)7-10/h4-5,7-9,22-23H,2-3,6H2,1H3. The molecule has 0 fully saturated rings.